The summed E-state index contributed by atoms with van der Waals surface area (Å²) in [5.74, 6) is 0.199. The fourth-order valence-electron chi connectivity index (χ4n) is 2.48. The minimum absolute atomic E-state index is 0.00608. The van der Waals surface area contributed by atoms with Gasteiger partial charge in [-0.05, 0) is 49.2 Å². The lowest BCUT2D eigenvalue weighted by atomic mass is 10.1. The van der Waals surface area contributed by atoms with Crippen molar-refractivity contribution in [3.63, 3.8) is 0 Å². The number of aryl methyl sites for hydroxylation is 2. The molecule has 0 saturated heterocycles. The van der Waals surface area contributed by atoms with Crippen LogP contribution < -0.4 is 15.0 Å². The molecule has 0 fully saturated rings. The molecule has 0 radical (unpaired) electrons. The normalized spacial score (nSPS) is 13.3. The molecule has 5 nitrogen and oxygen atoms in total. The molecular formula is C18H18N2O3. The van der Waals surface area contributed by atoms with Crippen LogP contribution in [0.1, 0.15) is 11.1 Å². The Hall–Kier alpha value is -2.82. The third-order valence-electron chi connectivity index (χ3n) is 3.91. The van der Waals surface area contributed by atoms with Crippen molar-refractivity contribution in [1.29, 1.82) is 0 Å². The number of benzene rings is 2. The molecule has 5 heteroatoms. The van der Waals surface area contributed by atoms with Crippen molar-refractivity contribution in [2.24, 2.45) is 0 Å². The molecule has 23 heavy (non-hydrogen) atoms. The molecular weight excluding hydrogens is 292 g/mol. The molecule has 0 unspecified atom stereocenters. The van der Waals surface area contributed by atoms with Crippen LogP contribution in [-0.2, 0) is 9.59 Å². The number of amides is 2. The molecule has 0 saturated carbocycles. The minimum Gasteiger partial charge on any atom is -0.484 e. The Morgan fingerprint density at radius 3 is 2.74 bits per heavy atom. The van der Waals surface area contributed by atoms with Gasteiger partial charge in [0, 0.05) is 0 Å². The molecule has 0 bridgehead atoms. The lowest BCUT2D eigenvalue weighted by Gasteiger charge is -2.29. The van der Waals surface area contributed by atoms with E-state index in [1.54, 1.807) is 6.07 Å². The summed E-state index contributed by atoms with van der Waals surface area (Å²) < 4.78 is 5.58. The zero-order valence-electron chi connectivity index (χ0n) is 13.1. The number of rotatable bonds is 3. The number of hydrogen-bond acceptors (Lipinski definition) is 3. The molecule has 0 aliphatic carbocycles. The summed E-state index contributed by atoms with van der Waals surface area (Å²) in [5, 5.41) is 2.76. The summed E-state index contributed by atoms with van der Waals surface area (Å²) in [7, 11) is 0. The first-order valence-corrected chi connectivity index (χ1v) is 7.44. The Kier molecular flexibility index (Phi) is 4.02. The van der Waals surface area contributed by atoms with Crippen molar-refractivity contribution < 1.29 is 14.3 Å². The average Bonchev–Trinajstić information content (AvgIpc) is 2.54. The molecule has 118 valence electrons. The number of carbonyl (C=O) groups excluding carboxylic acids is 2. The predicted octanol–water partition coefficient (Wildman–Crippen LogP) is 2.67. The molecule has 1 heterocycles. The van der Waals surface area contributed by atoms with Crippen molar-refractivity contribution in [3.05, 3.63) is 53.6 Å². The number of fused-ring (bicyclic) bond motifs is 1. The van der Waals surface area contributed by atoms with Crippen molar-refractivity contribution in [3.8, 4) is 5.75 Å². The molecule has 2 aromatic carbocycles. The quantitative estimate of drug-likeness (QED) is 0.948. The van der Waals surface area contributed by atoms with E-state index in [0.717, 1.165) is 5.56 Å². The smallest absolute Gasteiger partial charge is 0.265 e. The van der Waals surface area contributed by atoms with E-state index in [1.807, 2.05) is 50.2 Å². The summed E-state index contributed by atoms with van der Waals surface area (Å²) in [6, 6.07) is 12.9. The van der Waals surface area contributed by atoms with Gasteiger partial charge in [-0.2, -0.15) is 0 Å². The van der Waals surface area contributed by atoms with Crippen LogP contribution in [0.2, 0.25) is 0 Å². The monoisotopic (exact) mass is 310 g/mol. The van der Waals surface area contributed by atoms with Crippen LogP contribution in [0.3, 0.4) is 0 Å². The van der Waals surface area contributed by atoms with Gasteiger partial charge in [0.25, 0.3) is 5.91 Å². The number of para-hydroxylation sites is 2. The highest BCUT2D eigenvalue weighted by molar-refractivity contribution is 6.10. The Bertz CT molecular complexity index is 771. The molecule has 0 spiro atoms. The lowest BCUT2D eigenvalue weighted by Crippen LogP contribution is -2.44. The van der Waals surface area contributed by atoms with Crippen molar-refractivity contribution in [1.82, 2.24) is 0 Å². The predicted molar refractivity (Wildman–Crippen MR) is 88.8 cm³/mol. The van der Waals surface area contributed by atoms with E-state index in [4.69, 9.17) is 4.74 Å². The van der Waals surface area contributed by atoms with E-state index < -0.39 is 0 Å². The topological polar surface area (TPSA) is 58.6 Å². The Morgan fingerprint density at radius 2 is 1.96 bits per heavy atom. The van der Waals surface area contributed by atoms with Gasteiger partial charge in [0.15, 0.2) is 6.61 Å². The maximum Gasteiger partial charge on any atom is 0.265 e. The molecule has 2 aromatic rings. The zero-order valence-corrected chi connectivity index (χ0v) is 13.1. The minimum atomic E-state index is -0.245. The van der Waals surface area contributed by atoms with Crippen LogP contribution in [0.25, 0.3) is 0 Å². The van der Waals surface area contributed by atoms with Gasteiger partial charge in [0.1, 0.15) is 12.3 Å². The second kappa shape index (κ2) is 6.12. The molecule has 1 aliphatic heterocycles. The number of carbonyl (C=O) groups is 2. The molecule has 0 aromatic heterocycles. The summed E-state index contributed by atoms with van der Waals surface area (Å²) in [5.41, 5.74) is 3.62. The van der Waals surface area contributed by atoms with E-state index in [0.29, 0.717) is 17.1 Å². The summed E-state index contributed by atoms with van der Waals surface area (Å²) in [6.07, 6.45) is 0. The van der Waals surface area contributed by atoms with E-state index in [2.05, 4.69) is 5.32 Å². The summed E-state index contributed by atoms with van der Waals surface area (Å²) in [6.45, 7) is 3.92. The fraction of sp³-hybridized carbons (Fsp3) is 0.222. The Morgan fingerprint density at radius 1 is 1.17 bits per heavy atom. The van der Waals surface area contributed by atoms with Gasteiger partial charge in [-0.15, -0.1) is 0 Å². The molecule has 2 amide bonds. The zero-order chi connectivity index (χ0) is 16.4. The lowest BCUT2D eigenvalue weighted by molar-refractivity contribution is -0.123. The van der Waals surface area contributed by atoms with Gasteiger partial charge in [0.05, 0.1) is 11.4 Å². The van der Waals surface area contributed by atoms with E-state index >= 15 is 0 Å². The number of nitrogens with zero attached hydrogens (tertiary/aromatic N) is 1. The summed E-state index contributed by atoms with van der Waals surface area (Å²) >= 11 is 0. The number of ether oxygens (including phenoxy) is 1. The SMILES string of the molecule is Cc1ccc(OCC(=O)N2CC(=O)Nc3ccccc32)cc1C. The van der Waals surface area contributed by atoms with Gasteiger partial charge in [0.2, 0.25) is 5.91 Å². The third kappa shape index (κ3) is 3.18. The molecule has 3 rings (SSSR count). The Labute approximate surface area is 134 Å². The highest BCUT2D eigenvalue weighted by Crippen LogP contribution is 2.29. The highest BCUT2D eigenvalue weighted by Gasteiger charge is 2.26. The van der Waals surface area contributed by atoms with Gasteiger partial charge in [-0.1, -0.05) is 18.2 Å². The van der Waals surface area contributed by atoms with Gasteiger partial charge in [-0.3, -0.25) is 14.5 Å². The molecule has 0 atom stereocenters. The maximum absolute atomic E-state index is 12.5. The Balaban J connectivity index is 1.73. The van der Waals surface area contributed by atoms with Crippen LogP contribution in [0, 0.1) is 13.8 Å². The first-order chi connectivity index (χ1) is 11.0. The summed E-state index contributed by atoms with van der Waals surface area (Å²) in [4.78, 5) is 25.7. The van der Waals surface area contributed by atoms with Crippen LogP contribution in [0.4, 0.5) is 11.4 Å². The van der Waals surface area contributed by atoms with E-state index in [9.17, 15) is 9.59 Å². The van der Waals surface area contributed by atoms with Gasteiger partial charge >= 0.3 is 0 Å². The van der Waals surface area contributed by atoms with Crippen LogP contribution in [-0.4, -0.2) is 25.0 Å². The van der Waals surface area contributed by atoms with Crippen molar-refractivity contribution >= 4 is 23.2 Å². The third-order valence-corrected chi connectivity index (χ3v) is 3.91. The second-order valence-electron chi connectivity index (χ2n) is 5.58. The van der Waals surface area contributed by atoms with Crippen LogP contribution in [0.15, 0.2) is 42.5 Å². The number of nitrogens with one attached hydrogen (secondary N) is 1. The number of hydrogen-bond donors (Lipinski definition) is 1. The largest absolute Gasteiger partial charge is 0.484 e. The van der Waals surface area contributed by atoms with Crippen LogP contribution >= 0.6 is 0 Å². The first-order valence-electron chi connectivity index (χ1n) is 7.44. The number of anilines is 2. The van der Waals surface area contributed by atoms with Crippen LogP contribution in [0.5, 0.6) is 5.75 Å². The van der Waals surface area contributed by atoms with E-state index in [1.165, 1.54) is 10.5 Å². The van der Waals surface area contributed by atoms with Gasteiger partial charge < -0.3 is 10.1 Å². The average molecular weight is 310 g/mol. The van der Waals surface area contributed by atoms with Crippen molar-refractivity contribution in [2.45, 2.75) is 13.8 Å². The highest BCUT2D eigenvalue weighted by atomic mass is 16.5. The fourth-order valence-corrected chi connectivity index (χ4v) is 2.48. The first kappa shape index (κ1) is 15.1. The second-order valence-corrected chi connectivity index (χ2v) is 5.58. The molecule has 1 aliphatic rings. The van der Waals surface area contributed by atoms with E-state index in [-0.39, 0.29) is 25.0 Å². The maximum atomic E-state index is 12.5. The van der Waals surface area contributed by atoms with Crippen molar-refractivity contribution in [2.75, 3.05) is 23.4 Å². The van der Waals surface area contributed by atoms with Gasteiger partial charge in [-0.25, -0.2) is 0 Å². The molecule has 1 N–H and O–H groups in total. The standard InChI is InChI=1S/C18H18N2O3/c1-12-7-8-14(9-13(12)2)23-11-18(22)20-10-17(21)19-15-5-3-4-6-16(15)20/h3-9H,10-11H2,1-2H3,(H,19,21).